The fourth-order valence-electron chi connectivity index (χ4n) is 3.01. The third-order valence-electron chi connectivity index (χ3n) is 3.95. The smallest absolute Gasteiger partial charge is 0.270 e. The number of nitro groups is 1. The van der Waals surface area contributed by atoms with Crippen molar-refractivity contribution in [2.24, 2.45) is 0 Å². The molecule has 1 aromatic heterocycles. The first-order valence-electron chi connectivity index (χ1n) is 7.60. The van der Waals surface area contributed by atoms with Gasteiger partial charge in [0.2, 0.25) is 0 Å². The number of hydrogen-bond acceptors (Lipinski definition) is 3. The number of aryl methyl sites for hydroxylation is 1. The van der Waals surface area contributed by atoms with E-state index in [2.05, 4.69) is 0 Å². The number of non-ortho nitro benzene ring substituents is 1. The topological polar surface area (TPSA) is 65.1 Å². The van der Waals surface area contributed by atoms with Crippen LogP contribution in [0.4, 0.5) is 5.69 Å². The van der Waals surface area contributed by atoms with Gasteiger partial charge in [-0.15, -0.1) is 0 Å². The first kappa shape index (κ1) is 16.2. The van der Waals surface area contributed by atoms with Crippen LogP contribution in [0.15, 0.2) is 48.5 Å². The zero-order valence-electron chi connectivity index (χ0n) is 13.0. The fourth-order valence-corrected chi connectivity index (χ4v) is 3.21. The molecule has 0 spiro atoms. The first-order valence-corrected chi connectivity index (χ1v) is 7.98. The van der Waals surface area contributed by atoms with Crippen LogP contribution in [0.25, 0.3) is 22.0 Å². The van der Waals surface area contributed by atoms with Crippen LogP contribution >= 0.6 is 11.6 Å². The van der Waals surface area contributed by atoms with Crippen LogP contribution in [0.5, 0.6) is 0 Å². The molecule has 3 aromatic rings. The van der Waals surface area contributed by atoms with Crippen molar-refractivity contribution in [3.8, 4) is 11.1 Å². The van der Waals surface area contributed by atoms with Crippen molar-refractivity contribution < 1.29 is 9.72 Å². The molecule has 0 aliphatic carbocycles. The monoisotopic (exact) mass is 342 g/mol. The third kappa shape index (κ3) is 2.67. The molecule has 0 N–H and O–H groups in total. The van der Waals surface area contributed by atoms with Crippen LogP contribution in [0.2, 0.25) is 0 Å². The Hall–Kier alpha value is -2.66. The minimum Gasteiger partial charge on any atom is -0.336 e. The molecule has 6 heteroatoms. The summed E-state index contributed by atoms with van der Waals surface area (Å²) < 4.78 is 1.84. The summed E-state index contributed by atoms with van der Waals surface area (Å²) >= 11 is 5.88. The number of nitrogens with zero attached hydrogens (tertiary/aromatic N) is 2. The van der Waals surface area contributed by atoms with Gasteiger partial charge < -0.3 is 4.57 Å². The van der Waals surface area contributed by atoms with E-state index in [9.17, 15) is 14.9 Å². The van der Waals surface area contributed by atoms with Crippen molar-refractivity contribution in [3.05, 3.63) is 64.3 Å². The van der Waals surface area contributed by atoms with E-state index < -0.39 is 10.2 Å². The van der Waals surface area contributed by atoms with Gasteiger partial charge in [-0.25, -0.2) is 0 Å². The summed E-state index contributed by atoms with van der Waals surface area (Å²) in [6.07, 6.45) is 0.812. The van der Waals surface area contributed by atoms with Gasteiger partial charge in [-0.1, -0.05) is 37.3 Å². The molecule has 122 valence electrons. The van der Waals surface area contributed by atoms with Gasteiger partial charge in [0.15, 0.2) is 0 Å². The summed E-state index contributed by atoms with van der Waals surface area (Å²) in [6.45, 7) is 2.61. The van der Waals surface area contributed by atoms with Gasteiger partial charge in [0, 0.05) is 35.1 Å². The highest BCUT2D eigenvalue weighted by atomic mass is 35.5. The Kier molecular flexibility index (Phi) is 4.36. The molecule has 0 aliphatic rings. The molecule has 0 aliphatic heterocycles. The van der Waals surface area contributed by atoms with Gasteiger partial charge in [0.1, 0.15) is 5.69 Å². The normalized spacial score (nSPS) is 10.9. The highest BCUT2D eigenvalue weighted by molar-refractivity contribution is 6.68. The lowest BCUT2D eigenvalue weighted by atomic mass is 10.0. The van der Waals surface area contributed by atoms with E-state index in [-0.39, 0.29) is 5.69 Å². The number of fused-ring (bicyclic) bond motifs is 1. The molecule has 5 nitrogen and oxygen atoms in total. The predicted molar refractivity (Wildman–Crippen MR) is 94.5 cm³/mol. The molecule has 0 unspecified atom stereocenters. The number of halogens is 1. The maximum atomic E-state index is 12.1. The minimum atomic E-state index is -0.568. The van der Waals surface area contributed by atoms with Gasteiger partial charge in [0.05, 0.1) is 4.92 Å². The number of nitro benzene ring substituents is 1. The predicted octanol–water partition coefficient (Wildman–Crippen LogP) is 5.01. The Morgan fingerprint density at radius 2 is 1.92 bits per heavy atom. The lowest BCUT2D eigenvalue weighted by Crippen LogP contribution is -2.06. The van der Waals surface area contributed by atoms with E-state index >= 15 is 0 Å². The van der Waals surface area contributed by atoms with E-state index in [1.165, 1.54) is 12.1 Å². The second-order valence-corrected chi connectivity index (χ2v) is 5.82. The molecule has 1 heterocycles. The third-order valence-corrected chi connectivity index (χ3v) is 4.13. The first-order chi connectivity index (χ1) is 11.5. The second-order valence-electron chi connectivity index (χ2n) is 5.47. The maximum absolute atomic E-state index is 12.1. The summed E-state index contributed by atoms with van der Waals surface area (Å²) in [7, 11) is 0. The molecule has 0 atom stereocenters. The molecular weight excluding hydrogens is 328 g/mol. The molecule has 24 heavy (non-hydrogen) atoms. The maximum Gasteiger partial charge on any atom is 0.270 e. The lowest BCUT2D eigenvalue weighted by molar-refractivity contribution is -0.384. The molecule has 0 bridgehead atoms. The second kappa shape index (κ2) is 6.45. The van der Waals surface area contributed by atoms with E-state index in [1.54, 1.807) is 6.07 Å². The number of hydrogen-bond donors (Lipinski definition) is 0. The molecule has 0 amide bonds. The largest absolute Gasteiger partial charge is 0.336 e. The van der Waals surface area contributed by atoms with Gasteiger partial charge in [-0.3, -0.25) is 14.9 Å². The van der Waals surface area contributed by atoms with Crippen molar-refractivity contribution in [1.29, 1.82) is 0 Å². The number of rotatable bonds is 5. The zero-order chi connectivity index (χ0) is 17.3. The van der Waals surface area contributed by atoms with Crippen molar-refractivity contribution in [2.75, 3.05) is 0 Å². The number of benzene rings is 2. The van der Waals surface area contributed by atoms with Crippen molar-refractivity contribution in [2.45, 2.75) is 19.9 Å². The van der Waals surface area contributed by atoms with Gasteiger partial charge >= 0.3 is 0 Å². The molecule has 3 rings (SSSR count). The Balaban J connectivity index is 2.44. The van der Waals surface area contributed by atoms with Crippen molar-refractivity contribution >= 4 is 33.4 Å². The Morgan fingerprint density at radius 1 is 1.21 bits per heavy atom. The Bertz CT molecular complexity index is 932. The number of carbonyl (C=O) groups excluding carboxylic acids is 1. The number of carbonyl (C=O) groups is 1. The van der Waals surface area contributed by atoms with Gasteiger partial charge in [-0.2, -0.15) is 0 Å². The van der Waals surface area contributed by atoms with Crippen LogP contribution in [0, 0.1) is 10.1 Å². The van der Waals surface area contributed by atoms with Gasteiger partial charge in [-0.05, 0) is 29.7 Å². The molecular formula is C18H15ClN2O3. The van der Waals surface area contributed by atoms with Crippen LogP contribution in [-0.4, -0.2) is 14.7 Å². The summed E-state index contributed by atoms with van der Waals surface area (Å²) in [5.74, 6) is 0. The standard InChI is InChI=1S/C18H15ClN2O3/c1-2-10-20-15-9-8-13(21(23)24)11-14(15)16(17(20)18(19)22)12-6-4-3-5-7-12/h3-9,11H,2,10H2,1H3. The average Bonchev–Trinajstić information content (AvgIpc) is 2.90. The Morgan fingerprint density at radius 3 is 2.50 bits per heavy atom. The van der Waals surface area contributed by atoms with Gasteiger partial charge in [0.25, 0.3) is 10.9 Å². The van der Waals surface area contributed by atoms with Crippen molar-refractivity contribution in [3.63, 3.8) is 0 Å². The summed E-state index contributed by atoms with van der Waals surface area (Å²) in [4.78, 5) is 22.8. The molecule has 2 aromatic carbocycles. The van der Waals surface area contributed by atoms with Crippen LogP contribution < -0.4 is 0 Å². The van der Waals surface area contributed by atoms with E-state index in [1.807, 2.05) is 41.8 Å². The molecule has 0 radical (unpaired) electrons. The SMILES string of the molecule is CCCn1c(C(=O)Cl)c(-c2ccccc2)c2cc([N+](=O)[O-])ccc21. The van der Waals surface area contributed by atoms with Crippen LogP contribution in [-0.2, 0) is 6.54 Å². The van der Waals surface area contributed by atoms with Crippen LogP contribution in [0.3, 0.4) is 0 Å². The highest BCUT2D eigenvalue weighted by Gasteiger charge is 2.24. The van der Waals surface area contributed by atoms with E-state index in [4.69, 9.17) is 11.6 Å². The van der Waals surface area contributed by atoms with Crippen molar-refractivity contribution in [1.82, 2.24) is 4.57 Å². The van der Waals surface area contributed by atoms with E-state index in [0.29, 0.717) is 23.2 Å². The summed E-state index contributed by atoms with van der Waals surface area (Å²) in [5.41, 5.74) is 2.58. The number of aromatic nitrogens is 1. The zero-order valence-corrected chi connectivity index (χ0v) is 13.8. The molecule has 0 saturated heterocycles. The average molecular weight is 343 g/mol. The lowest BCUT2D eigenvalue weighted by Gasteiger charge is -2.07. The quantitative estimate of drug-likeness (QED) is 0.372. The summed E-state index contributed by atoms with van der Waals surface area (Å²) in [6, 6.07) is 14.0. The Labute approximate surface area is 143 Å². The van der Waals surface area contributed by atoms with E-state index in [0.717, 1.165) is 17.5 Å². The van der Waals surface area contributed by atoms with Crippen LogP contribution in [0.1, 0.15) is 23.8 Å². The molecule has 0 fully saturated rings. The highest BCUT2D eigenvalue weighted by Crippen LogP contribution is 2.37. The fraction of sp³-hybridized carbons (Fsp3) is 0.167. The summed E-state index contributed by atoms with van der Waals surface area (Å²) in [5, 5.41) is 11.2. The molecule has 0 saturated carbocycles. The minimum absolute atomic E-state index is 0.0121.